The SMILES string of the molecule is [2H]c1c([2H])c([2H])c(-c2nc(-c3c([2H])c([2H])c([2H])c(-c4c([2H])c([2H])c([2H])c([2H])c4[2H])c3[2H])nc(-n3c4ccccc4c4ccc5c(c6ccccc6n5-c5c([2H])c([2H])c([2H])c(-c6c([2H])c([2H])c([2H])c([2H])c6[2H])c5[2H])c43)n2)c([2H])c1[2H]. The number of benzene rings is 8. The van der Waals surface area contributed by atoms with E-state index in [9.17, 15) is 5.48 Å². The van der Waals surface area contributed by atoms with Crippen molar-refractivity contribution >= 4 is 43.6 Å². The van der Waals surface area contributed by atoms with Gasteiger partial charge in [-0.2, -0.15) is 9.97 Å². The fraction of sp³-hybridized carbons (Fsp3) is 0. The van der Waals surface area contributed by atoms with Gasteiger partial charge in [0.15, 0.2) is 11.6 Å². The summed E-state index contributed by atoms with van der Waals surface area (Å²) in [5.41, 5.74) is -2.60. The fourth-order valence-electron chi connectivity index (χ4n) is 6.91. The summed E-state index contributed by atoms with van der Waals surface area (Å²) >= 11 is 0. The van der Waals surface area contributed by atoms with Crippen molar-refractivity contribution in [3.8, 4) is 56.7 Å². The smallest absolute Gasteiger partial charge is 0.238 e. The number of aromatic nitrogens is 5. The lowest BCUT2D eigenvalue weighted by Gasteiger charge is -2.12. The highest BCUT2D eigenvalue weighted by Gasteiger charge is 2.23. The highest BCUT2D eigenvalue weighted by molar-refractivity contribution is 6.26. The first-order valence-corrected chi connectivity index (χ1v) is 17.0. The molecule has 11 aromatic rings. The summed E-state index contributed by atoms with van der Waals surface area (Å²) in [7, 11) is 0. The number of fused-ring (bicyclic) bond motifs is 7. The Kier molecular flexibility index (Phi) is 3.82. The van der Waals surface area contributed by atoms with Crippen LogP contribution >= 0.6 is 0 Å². The maximum absolute atomic E-state index is 9.69. The van der Waals surface area contributed by atoms with E-state index in [-0.39, 0.29) is 22.7 Å². The van der Waals surface area contributed by atoms with E-state index in [1.165, 1.54) is 9.13 Å². The highest BCUT2D eigenvalue weighted by Crippen LogP contribution is 2.42. The average Bonchev–Trinajstić information content (AvgIpc) is 3.13. The molecule has 0 aliphatic rings. The van der Waals surface area contributed by atoms with Gasteiger partial charge in [0.1, 0.15) is 0 Å². The fourth-order valence-corrected chi connectivity index (χ4v) is 6.91. The molecule has 56 heavy (non-hydrogen) atoms. The molecule has 0 N–H and O–H groups in total. The van der Waals surface area contributed by atoms with Gasteiger partial charge in [-0.15, -0.1) is 0 Å². The Labute approximate surface area is 355 Å². The summed E-state index contributed by atoms with van der Waals surface area (Å²) in [4.78, 5) is 14.1. The lowest BCUT2D eigenvalue weighted by molar-refractivity contribution is 0.955. The van der Waals surface area contributed by atoms with Crippen molar-refractivity contribution in [2.24, 2.45) is 0 Å². The molecule has 8 aromatic carbocycles. The molecular formula is C51H33N5. The van der Waals surface area contributed by atoms with Crippen LogP contribution in [0, 0.1) is 0 Å². The van der Waals surface area contributed by atoms with Gasteiger partial charge in [-0.1, -0.05) is 163 Å². The van der Waals surface area contributed by atoms with Crippen molar-refractivity contribution in [3.63, 3.8) is 0 Å². The minimum atomic E-state index is -0.878. The maximum Gasteiger partial charge on any atom is 0.238 e. The highest BCUT2D eigenvalue weighted by atomic mass is 15.2. The molecule has 262 valence electrons. The first-order valence-electron chi connectivity index (χ1n) is 28.5. The molecule has 0 saturated carbocycles. The Morgan fingerprint density at radius 3 is 1.61 bits per heavy atom. The number of hydrogen-bond donors (Lipinski definition) is 0. The van der Waals surface area contributed by atoms with Crippen LogP contribution in [-0.2, 0) is 0 Å². The van der Waals surface area contributed by atoms with E-state index in [1.807, 2.05) is 0 Å². The van der Waals surface area contributed by atoms with E-state index in [0.29, 0.717) is 32.6 Å². The molecule has 3 heterocycles. The predicted octanol–water partition coefficient (Wildman–Crippen LogP) is 12.7. The second-order valence-electron chi connectivity index (χ2n) is 12.3. The molecule has 0 saturated heterocycles. The summed E-state index contributed by atoms with van der Waals surface area (Å²) in [6.45, 7) is 0. The average molecular weight is 739 g/mol. The minimum Gasteiger partial charge on any atom is -0.309 e. The van der Waals surface area contributed by atoms with Crippen LogP contribution in [0.5, 0.6) is 0 Å². The van der Waals surface area contributed by atoms with E-state index in [1.54, 1.807) is 60.7 Å². The summed E-state index contributed by atoms with van der Waals surface area (Å²) < 4.78 is 205. The van der Waals surface area contributed by atoms with Gasteiger partial charge in [0.05, 0.1) is 53.6 Å². The third-order valence-electron chi connectivity index (χ3n) is 9.20. The lowest BCUT2D eigenvalue weighted by atomic mass is 10.0. The van der Waals surface area contributed by atoms with Gasteiger partial charge in [0.25, 0.3) is 0 Å². The summed E-state index contributed by atoms with van der Waals surface area (Å²) in [5.74, 6) is -1.62. The Morgan fingerprint density at radius 2 is 0.911 bits per heavy atom. The van der Waals surface area contributed by atoms with E-state index >= 15 is 0 Å². The van der Waals surface area contributed by atoms with Crippen molar-refractivity contribution < 1.29 is 31.5 Å². The Morgan fingerprint density at radius 1 is 0.375 bits per heavy atom. The molecule has 0 bridgehead atoms. The summed E-state index contributed by atoms with van der Waals surface area (Å²) in [6.07, 6.45) is 0. The molecular weight excluding hydrogens is 683 g/mol. The van der Waals surface area contributed by atoms with E-state index in [0.717, 1.165) is 0 Å². The normalized spacial score (nSPS) is 17.3. The molecule has 0 spiro atoms. The Hall–Kier alpha value is -7.63. The first kappa shape index (κ1) is 16.4. The molecule has 0 atom stereocenters. The van der Waals surface area contributed by atoms with Crippen molar-refractivity contribution in [2.75, 3.05) is 0 Å². The number of nitrogens with zero attached hydrogens (tertiary/aromatic N) is 5. The van der Waals surface area contributed by atoms with E-state index in [4.69, 9.17) is 36.0 Å². The molecule has 5 nitrogen and oxygen atoms in total. The monoisotopic (exact) mass is 738 g/mol. The second kappa shape index (κ2) is 13.0. The standard InChI is InChI=1S/C51H33N5/c1-4-16-34(17-5-1)37-22-14-24-39(32-37)50-52-49(36-20-8-3-9-21-36)53-51(54-50)56-44-28-12-10-26-41(44)42-30-31-46-47(48(42)56)43-27-11-13-29-45(43)55(46)40-25-15-23-38(33-40)35-18-6-2-7-19-35/h1-33H/i1D,2D,3D,4D,5D,6D,7D,8D,9D,14D,15D,16D,17D,18D,19D,20D,21D,22D,23D,24D,25D,32D,33D. The van der Waals surface area contributed by atoms with Crippen LogP contribution in [0.4, 0.5) is 0 Å². The van der Waals surface area contributed by atoms with E-state index in [2.05, 4.69) is 4.98 Å². The second-order valence-corrected chi connectivity index (χ2v) is 12.3. The van der Waals surface area contributed by atoms with Crippen LogP contribution in [0.25, 0.3) is 100 Å². The van der Waals surface area contributed by atoms with Crippen LogP contribution in [0.2, 0.25) is 0 Å². The zero-order chi connectivity index (χ0) is 57.0. The molecule has 0 radical (unpaired) electrons. The minimum absolute atomic E-state index is 0.249. The third kappa shape index (κ3) is 5.21. The molecule has 0 aliphatic carbocycles. The van der Waals surface area contributed by atoms with Gasteiger partial charge in [-0.3, -0.25) is 4.57 Å². The maximum atomic E-state index is 9.69. The van der Waals surface area contributed by atoms with Crippen LogP contribution < -0.4 is 0 Å². The Balaban J connectivity index is 1.31. The van der Waals surface area contributed by atoms with Crippen LogP contribution in [0.15, 0.2) is 200 Å². The predicted molar refractivity (Wildman–Crippen MR) is 230 cm³/mol. The van der Waals surface area contributed by atoms with Crippen molar-refractivity contribution in [3.05, 3.63) is 200 Å². The van der Waals surface area contributed by atoms with Gasteiger partial charge in [-0.05, 0) is 58.6 Å². The van der Waals surface area contributed by atoms with Crippen molar-refractivity contribution in [1.82, 2.24) is 24.1 Å². The van der Waals surface area contributed by atoms with Crippen LogP contribution in [0.3, 0.4) is 0 Å². The molecule has 5 heteroatoms. The van der Waals surface area contributed by atoms with Crippen molar-refractivity contribution in [1.29, 1.82) is 0 Å². The summed E-state index contributed by atoms with van der Waals surface area (Å²) in [5, 5.41) is 1.86. The molecule has 0 unspecified atom stereocenters. The van der Waals surface area contributed by atoms with Gasteiger partial charge >= 0.3 is 0 Å². The molecule has 11 rings (SSSR count). The van der Waals surface area contributed by atoms with Gasteiger partial charge in [0, 0.05) is 38.4 Å². The van der Waals surface area contributed by atoms with E-state index < -0.39 is 184 Å². The quantitative estimate of drug-likeness (QED) is 0.171. The molecule has 3 aromatic heterocycles. The van der Waals surface area contributed by atoms with Crippen LogP contribution in [-0.4, -0.2) is 24.1 Å². The van der Waals surface area contributed by atoms with Crippen molar-refractivity contribution in [2.45, 2.75) is 0 Å². The number of para-hydroxylation sites is 2. The number of hydrogen-bond acceptors (Lipinski definition) is 3. The molecule has 0 aliphatic heterocycles. The molecule has 0 fully saturated rings. The largest absolute Gasteiger partial charge is 0.309 e. The van der Waals surface area contributed by atoms with Gasteiger partial charge in [0.2, 0.25) is 5.95 Å². The first-order chi connectivity index (χ1) is 37.3. The summed E-state index contributed by atoms with van der Waals surface area (Å²) in [6, 6.07) is -0.727. The van der Waals surface area contributed by atoms with Crippen LogP contribution in [0.1, 0.15) is 31.5 Å². The third-order valence-corrected chi connectivity index (χ3v) is 9.20. The van der Waals surface area contributed by atoms with Gasteiger partial charge < -0.3 is 4.57 Å². The zero-order valence-electron chi connectivity index (χ0n) is 51.5. The molecule has 0 amide bonds. The topological polar surface area (TPSA) is 48.5 Å². The zero-order valence-corrected chi connectivity index (χ0v) is 28.5. The van der Waals surface area contributed by atoms with Gasteiger partial charge in [-0.25, -0.2) is 4.98 Å². The number of rotatable bonds is 6. The lowest BCUT2D eigenvalue weighted by Crippen LogP contribution is -2.06. The Bertz CT molecular complexity index is 4520.